The molecule has 1 saturated heterocycles. The number of ether oxygens (including phenoxy) is 1. The van der Waals surface area contributed by atoms with E-state index in [4.69, 9.17) is 9.84 Å². The highest BCUT2D eigenvalue weighted by Crippen LogP contribution is 2.10. The summed E-state index contributed by atoms with van der Waals surface area (Å²) < 4.78 is 6.88. The van der Waals surface area contributed by atoms with Gasteiger partial charge in [0.05, 0.1) is 18.9 Å². The molecule has 1 amide bonds. The first-order chi connectivity index (χ1) is 9.49. The monoisotopic (exact) mass is 281 g/mol. The summed E-state index contributed by atoms with van der Waals surface area (Å²) in [5, 5.41) is 13.4. The lowest BCUT2D eigenvalue weighted by atomic mass is 10.2. The Hall–Kier alpha value is -1.89. The number of aromatic nitrogens is 2. The van der Waals surface area contributed by atoms with E-state index < -0.39 is 12.0 Å². The van der Waals surface area contributed by atoms with E-state index in [2.05, 4.69) is 5.10 Å². The van der Waals surface area contributed by atoms with Gasteiger partial charge in [-0.25, -0.2) is 4.79 Å². The number of morpholine rings is 1. The van der Waals surface area contributed by atoms with Gasteiger partial charge in [0.2, 0.25) is 5.91 Å². The van der Waals surface area contributed by atoms with Crippen LogP contribution in [0.15, 0.2) is 6.07 Å². The lowest BCUT2D eigenvalue weighted by Crippen LogP contribution is -2.52. The maximum Gasteiger partial charge on any atom is 0.328 e. The lowest BCUT2D eigenvalue weighted by molar-refractivity contribution is -0.158. The average Bonchev–Trinajstić information content (AvgIpc) is 2.74. The Morgan fingerprint density at radius 1 is 1.50 bits per heavy atom. The Bertz CT molecular complexity index is 512. The van der Waals surface area contributed by atoms with Gasteiger partial charge in [-0.2, -0.15) is 5.10 Å². The largest absolute Gasteiger partial charge is 0.480 e. The first-order valence-corrected chi connectivity index (χ1v) is 6.60. The molecule has 0 saturated carbocycles. The molecule has 1 N–H and O–H groups in total. The molecule has 0 aliphatic carbocycles. The summed E-state index contributed by atoms with van der Waals surface area (Å²) in [6.45, 7) is 5.05. The molecule has 110 valence electrons. The van der Waals surface area contributed by atoms with Crippen molar-refractivity contribution in [1.29, 1.82) is 0 Å². The van der Waals surface area contributed by atoms with Crippen LogP contribution in [-0.2, 0) is 20.9 Å². The van der Waals surface area contributed by atoms with E-state index in [1.807, 2.05) is 19.9 Å². The molecule has 0 bridgehead atoms. The van der Waals surface area contributed by atoms with Crippen LogP contribution in [0.5, 0.6) is 0 Å². The molecular formula is C13H19N3O4. The molecule has 1 unspecified atom stereocenters. The number of carboxylic acid groups (broad SMARTS) is 1. The fourth-order valence-corrected chi connectivity index (χ4v) is 2.35. The third-order valence-corrected chi connectivity index (χ3v) is 3.37. The second-order valence-electron chi connectivity index (χ2n) is 4.92. The number of carboxylic acids is 1. The highest BCUT2D eigenvalue weighted by atomic mass is 16.5. The molecule has 2 heterocycles. The number of amides is 1. The highest BCUT2D eigenvalue weighted by Gasteiger charge is 2.32. The van der Waals surface area contributed by atoms with Gasteiger partial charge in [0.15, 0.2) is 6.04 Å². The Morgan fingerprint density at radius 2 is 2.25 bits per heavy atom. The third-order valence-electron chi connectivity index (χ3n) is 3.37. The molecule has 1 aromatic rings. The van der Waals surface area contributed by atoms with Crippen molar-refractivity contribution in [1.82, 2.24) is 14.7 Å². The zero-order valence-corrected chi connectivity index (χ0v) is 11.7. The number of aryl methyl sites for hydroxylation is 3. The van der Waals surface area contributed by atoms with E-state index in [-0.39, 0.29) is 18.9 Å². The first kappa shape index (κ1) is 14.5. The van der Waals surface area contributed by atoms with Gasteiger partial charge in [-0.3, -0.25) is 9.48 Å². The third kappa shape index (κ3) is 3.16. The molecule has 0 radical (unpaired) electrons. The molecule has 0 spiro atoms. The molecule has 2 rings (SSSR count). The molecule has 1 aliphatic heterocycles. The Morgan fingerprint density at radius 3 is 2.85 bits per heavy atom. The number of rotatable bonds is 4. The van der Waals surface area contributed by atoms with Crippen molar-refractivity contribution < 1.29 is 19.4 Å². The van der Waals surface area contributed by atoms with Crippen LogP contribution in [0.3, 0.4) is 0 Å². The van der Waals surface area contributed by atoms with Gasteiger partial charge < -0.3 is 14.7 Å². The Labute approximate surface area is 117 Å². The van der Waals surface area contributed by atoms with Crippen molar-refractivity contribution in [2.24, 2.45) is 0 Å². The SMILES string of the molecule is Cc1cc(C)n(CCC(=O)N2CCOCC2C(=O)O)n1. The van der Waals surface area contributed by atoms with Crippen LogP contribution >= 0.6 is 0 Å². The topological polar surface area (TPSA) is 84.7 Å². The Kier molecular flexibility index (Phi) is 4.39. The zero-order valence-electron chi connectivity index (χ0n) is 11.7. The van der Waals surface area contributed by atoms with E-state index in [1.165, 1.54) is 4.90 Å². The van der Waals surface area contributed by atoms with Crippen molar-refractivity contribution in [2.45, 2.75) is 32.9 Å². The minimum atomic E-state index is -1.02. The van der Waals surface area contributed by atoms with Gasteiger partial charge in [-0.1, -0.05) is 0 Å². The number of nitrogens with zero attached hydrogens (tertiary/aromatic N) is 3. The van der Waals surface area contributed by atoms with Crippen LogP contribution in [-0.4, -0.2) is 57.5 Å². The first-order valence-electron chi connectivity index (χ1n) is 6.60. The predicted octanol–water partition coefficient (Wildman–Crippen LogP) is 0.202. The fourth-order valence-electron chi connectivity index (χ4n) is 2.35. The summed E-state index contributed by atoms with van der Waals surface area (Å²) in [5.41, 5.74) is 1.90. The summed E-state index contributed by atoms with van der Waals surface area (Å²) in [4.78, 5) is 24.7. The molecule has 1 atom stereocenters. The van der Waals surface area contributed by atoms with Crippen LogP contribution < -0.4 is 0 Å². The molecular weight excluding hydrogens is 262 g/mol. The van der Waals surface area contributed by atoms with Gasteiger partial charge in [0.25, 0.3) is 0 Å². The van der Waals surface area contributed by atoms with Crippen LogP contribution in [0, 0.1) is 13.8 Å². The normalized spacial score (nSPS) is 19.1. The Balaban J connectivity index is 1.96. The van der Waals surface area contributed by atoms with Gasteiger partial charge in [0.1, 0.15) is 0 Å². The van der Waals surface area contributed by atoms with E-state index in [0.717, 1.165) is 11.4 Å². The average molecular weight is 281 g/mol. The van der Waals surface area contributed by atoms with Crippen molar-refractivity contribution in [3.63, 3.8) is 0 Å². The molecule has 20 heavy (non-hydrogen) atoms. The van der Waals surface area contributed by atoms with Crippen molar-refractivity contribution in [3.05, 3.63) is 17.5 Å². The van der Waals surface area contributed by atoms with Gasteiger partial charge in [-0.05, 0) is 19.9 Å². The summed E-state index contributed by atoms with van der Waals surface area (Å²) in [6.07, 6.45) is 0.242. The van der Waals surface area contributed by atoms with E-state index in [9.17, 15) is 9.59 Å². The van der Waals surface area contributed by atoms with Crippen LogP contribution in [0.25, 0.3) is 0 Å². The summed E-state index contributed by atoms with van der Waals surface area (Å²) in [7, 11) is 0. The molecule has 1 aromatic heterocycles. The maximum absolute atomic E-state index is 12.2. The number of hydrogen-bond acceptors (Lipinski definition) is 4. The van der Waals surface area contributed by atoms with Gasteiger partial charge in [-0.15, -0.1) is 0 Å². The second-order valence-corrected chi connectivity index (χ2v) is 4.92. The second kappa shape index (κ2) is 6.04. The van der Waals surface area contributed by atoms with Crippen molar-refractivity contribution in [2.75, 3.05) is 19.8 Å². The summed E-state index contributed by atoms with van der Waals surface area (Å²) in [5.74, 6) is -1.20. The summed E-state index contributed by atoms with van der Waals surface area (Å²) in [6, 6.07) is 1.07. The molecule has 1 aliphatic rings. The van der Waals surface area contributed by atoms with Crippen molar-refractivity contribution >= 4 is 11.9 Å². The maximum atomic E-state index is 12.2. The summed E-state index contributed by atoms with van der Waals surface area (Å²) >= 11 is 0. The number of hydrogen-bond donors (Lipinski definition) is 1. The quantitative estimate of drug-likeness (QED) is 0.852. The van der Waals surface area contributed by atoms with Crippen LogP contribution in [0.1, 0.15) is 17.8 Å². The fraction of sp³-hybridized carbons (Fsp3) is 0.615. The van der Waals surface area contributed by atoms with Crippen molar-refractivity contribution in [3.8, 4) is 0 Å². The molecule has 0 aromatic carbocycles. The highest BCUT2D eigenvalue weighted by molar-refractivity contribution is 5.83. The molecule has 7 heteroatoms. The number of carbonyl (C=O) groups is 2. The lowest BCUT2D eigenvalue weighted by Gasteiger charge is -2.32. The molecule has 7 nitrogen and oxygen atoms in total. The standard InChI is InChI=1S/C13H19N3O4/c1-9-7-10(2)16(14-9)4-3-12(17)15-5-6-20-8-11(15)13(18)19/h7,11H,3-6,8H2,1-2H3,(H,18,19). The zero-order chi connectivity index (χ0) is 14.7. The van der Waals surface area contributed by atoms with Gasteiger partial charge in [0, 0.05) is 25.2 Å². The van der Waals surface area contributed by atoms with E-state index >= 15 is 0 Å². The van der Waals surface area contributed by atoms with Crippen LogP contribution in [0.2, 0.25) is 0 Å². The predicted molar refractivity (Wildman–Crippen MR) is 70.3 cm³/mol. The number of aliphatic carboxylic acids is 1. The number of carbonyl (C=O) groups excluding carboxylic acids is 1. The smallest absolute Gasteiger partial charge is 0.328 e. The van der Waals surface area contributed by atoms with E-state index in [1.54, 1.807) is 4.68 Å². The van der Waals surface area contributed by atoms with E-state index in [0.29, 0.717) is 19.7 Å². The minimum absolute atomic E-state index is 0.0565. The van der Waals surface area contributed by atoms with Gasteiger partial charge >= 0.3 is 5.97 Å². The minimum Gasteiger partial charge on any atom is -0.480 e. The van der Waals surface area contributed by atoms with Crippen LogP contribution in [0.4, 0.5) is 0 Å². The molecule has 1 fully saturated rings.